The first kappa shape index (κ1) is 7.43. The third-order valence-electron chi connectivity index (χ3n) is 1.03. The number of carbonyl (C=O) groups is 1. The Hall–Kier alpha value is -0.680. The molecule has 1 fully saturated rings. The van der Waals surface area contributed by atoms with Gasteiger partial charge in [-0.3, -0.25) is 0 Å². The van der Waals surface area contributed by atoms with E-state index in [0.29, 0.717) is 0 Å². The van der Waals surface area contributed by atoms with Crippen molar-refractivity contribution >= 4 is 17.5 Å². The number of ether oxygens (including phenoxy) is 1. The van der Waals surface area contributed by atoms with Crippen molar-refractivity contribution in [2.45, 2.75) is 0 Å². The Balaban J connectivity index is 2.53. The van der Waals surface area contributed by atoms with Gasteiger partial charge in [-0.1, -0.05) is 6.08 Å². The zero-order valence-corrected chi connectivity index (χ0v) is 6.10. The Morgan fingerprint density at radius 1 is 2.00 bits per heavy atom. The van der Waals surface area contributed by atoms with Crippen LogP contribution >= 0.6 is 0 Å². The van der Waals surface area contributed by atoms with Crippen molar-refractivity contribution in [2.75, 3.05) is 12.5 Å². The highest BCUT2D eigenvalue weighted by Crippen LogP contribution is 2.12. The fraction of sp³-hybridized carbons (Fsp3) is 0.400. The van der Waals surface area contributed by atoms with Crippen molar-refractivity contribution in [3.8, 4) is 0 Å². The zero-order chi connectivity index (χ0) is 7.56. The van der Waals surface area contributed by atoms with Crippen LogP contribution in [0, 0.1) is 0 Å². The number of cyclic esters (lactones) is 1. The van der Waals surface area contributed by atoms with Crippen LogP contribution in [0.2, 0.25) is 0 Å². The Morgan fingerprint density at radius 3 is 3.10 bits per heavy atom. The van der Waals surface area contributed by atoms with E-state index in [9.17, 15) is 9.35 Å². The van der Waals surface area contributed by atoms with Gasteiger partial charge in [0.15, 0.2) is 0 Å². The highest BCUT2D eigenvalue weighted by atomic mass is 32.2. The lowest BCUT2D eigenvalue weighted by Gasteiger charge is -2.08. The summed E-state index contributed by atoms with van der Waals surface area (Å²) < 4.78 is 16.4. The predicted molar refractivity (Wildman–Crippen MR) is 36.4 cm³/mol. The summed E-state index contributed by atoms with van der Waals surface area (Å²) >= 11 is -1.30. The van der Waals surface area contributed by atoms with Crippen molar-refractivity contribution in [3.05, 3.63) is 12.7 Å². The van der Waals surface area contributed by atoms with E-state index in [1.807, 2.05) is 0 Å². The third kappa shape index (κ3) is 1.25. The summed E-state index contributed by atoms with van der Waals surface area (Å²) in [6.07, 6.45) is 0.975. The summed E-state index contributed by atoms with van der Waals surface area (Å²) in [5, 5.41) is 0. The van der Waals surface area contributed by atoms with Gasteiger partial charge in [-0.15, -0.1) is 10.9 Å². The molecule has 0 aromatic carbocycles. The van der Waals surface area contributed by atoms with Crippen molar-refractivity contribution in [3.63, 3.8) is 0 Å². The molecule has 0 bridgehead atoms. The molecule has 5 heteroatoms. The molecule has 1 aliphatic rings. The SMILES string of the molecule is C=CCN1C(=O)OC[S+]1[O-]. The zero-order valence-electron chi connectivity index (χ0n) is 5.28. The minimum absolute atomic E-state index is 0.0212. The molecule has 56 valence electrons. The van der Waals surface area contributed by atoms with Crippen LogP contribution in [-0.4, -0.2) is 27.4 Å². The van der Waals surface area contributed by atoms with Crippen LogP contribution < -0.4 is 0 Å². The molecular weight excluding hydrogens is 154 g/mol. The molecule has 1 amide bonds. The molecule has 0 radical (unpaired) electrons. The lowest BCUT2D eigenvalue weighted by atomic mass is 10.6. The van der Waals surface area contributed by atoms with E-state index in [1.165, 1.54) is 6.08 Å². The van der Waals surface area contributed by atoms with Gasteiger partial charge in [0.25, 0.3) is 5.94 Å². The molecule has 1 aliphatic heterocycles. The fourth-order valence-corrected chi connectivity index (χ4v) is 1.41. The van der Waals surface area contributed by atoms with Crippen molar-refractivity contribution in [1.82, 2.24) is 4.31 Å². The normalized spacial score (nSPS) is 24.7. The average Bonchev–Trinajstić information content (AvgIpc) is 2.20. The summed E-state index contributed by atoms with van der Waals surface area (Å²) in [5.74, 6) is -0.0212. The fourth-order valence-electron chi connectivity index (χ4n) is 0.594. The third-order valence-corrected chi connectivity index (χ3v) is 2.14. The average molecular weight is 161 g/mol. The largest absolute Gasteiger partial charge is 0.590 e. The van der Waals surface area contributed by atoms with Crippen LogP contribution in [-0.2, 0) is 16.1 Å². The Bertz CT molecular complexity index is 161. The minimum atomic E-state index is -1.30. The molecule has 0 aromatic heterocycles. The van der Waals surface area contributed by atoms with E-state index in [1.54, 1.807) is 0 Å². The molecular formula is C5H7NO3S. The molecule has 4 nitrogen and oxygen atoms in total. The number of nitrogens with zero attached hydrogens (tertiary/aromatic N) is 1. The number of carbonyl (C=O) groups excluding carboxylic acids is 1. The summed E-state index contributed by atoms with van der Waals surface area (Å²) in [4.78, 5) is 10.6. The van der Waals surface area contributed by atoms with Gasteiger partial charge in [0.05, 0.1) is 6.54 Å². The quantitative estimate of drug-likeness (QED) is 0.430. The molecule has 1 saturated heterocycles. The molecule has 0 aromatic rings. The first-order valence-electron chi connectivity index (χ1n) is 2.69. The van der Waals surface area contributed by atoms with E-state index >= 15 is 0 Å². The first-order valence-corrected chi connectivity index (χ1v) is 3.97. The summed E-state index contributed by atoms with van der Waals surface area (Å²) in [7, 11) is 0. The predicted octanol–water partition coefficient (Wildman–Crippen LogP) is 0.246. The lowest BCUT2D eigenvalue weighted by Crippen LogP contribution is -2.28. The second-order valence-corrected chi connectivity index (χ2v) is 3.02. The maximum atomic E-state index is 10.8. The number of hydrogen-bond acceptors (Lipinski definition) is 3. The monoisotopic (exact) mass is 161 g/mol. The molecule has 1 atom stereocenters. The molecule has 10 heavy (non-hydrogen) atoms. The molecule has 0 saturated carbocycles. The second kappa shape index (κ2) is 2.94. The molecule has 1 heterocycles. The van der Waals surface area contributed by atoms with Gasteiger partial charge in [0.2, 0.25) is 0 Å². The topological polar surface area (TPSA) is 52.6 Å². The molecule has 0 N–H and O–H groups in total. The van der Waals surface area contributed by atoms with Crippen LogP contribution in [0.5, 0.6) is 0 Å². The van der Waals surface area contributed by atoms with E-state index in [-0.39, 0.29) is 12.5 Å². The van der Waals surface area contributed by atoms with Gasteiger partial charge in [0.1, 0.15) is 11.4 Å². The van der Waals surface area contributed by atoms with Crippen molar-refractivity contribution in [2.24, 2.45) is 0 Å². The van der Waals surface area contributed by atoms with Gasteiger partial charge in [-0.25, -0.2) is 4.79 Å². The van der Waals surface area contributed by atoms with Gasteiger partial charge in [-0.05, 0) is 0 Å². The Kier molecular flexibility index (Phi) is 2.18. The highest BCUT2D eigenvalue weighted by Gasteiger charge is 2.34. The van der Waals surface area contributed by atoms with Crippen LogP contribution in [0.3, 0.4) is 0 Å². The van der Waals surface area contributed by atoms with Crippen LogP contribution in [0.1, 0.15) is 0 Å². The standard InChI is InChI=1S/C5H7NO3S/c1-2-3-6-5(7)9-4-10(6)8/h2H,1,3-4H2. The van der Waals surface area contributed by atoms with Gasteiger partial charge < -0.3 is 9.29 Å². The van der Waals surface area contributed by atoms with E-state index in [0.717, 1.165) is 4.31 Å². The van der Waals surface area contributed by atoms with Gasteiger partial charge in [0, 0.05) is 0 Å². The summed E-state index contributed by atoms with van der Waals surface area (Å²) in [6, 6.07) is 0. The first-order chi connectivity index (χ1) is 4.75. The number of hydrogen-bond donors (Lipinski definition) is 0. The van der Waals surface area contributed by atoms with Crippen molar-refractivity contribution < 1.29 is 14.1 Å². The van der Waals surface area contributed by atoms with Crippen LogP contribution in [0.15, 0.2) is 12.7 Å². The molecule has 0 spiro atoms. The molecule has 0 aliphatic carbocycles. The summed E-state index contributed by atoms with van der Waals surface area (Å²) in [6.45, 7) is 3.69. The van der Waals surface area contributed by atoms with Crippen LogP contribution in [0.25, 0.3) is 0 Å². The Labute approximate surface area is 61.8 Å². The smallest absolute Gasteiger partial charge is 0.455 e. The summed E-state index contributed by atoms with van der Waals surface area (Å²) in [5.41, 5.74) is 0. The molecule has 1 unspecified atom stereocenters. The van der Waals surface area contributed by atoms with Crippen LogP contribution in [0.4, 0.5) is 4.79 Å². The highest BCUT2D eigenvalue weighted by molar-refractivity contribution is 7.89. The maximum Gasteiger partial charge on any atom is 0.455 e. The minimum Gasteiger partial charge on any atom is -0.590 e. The molecule has 1 rings (SSSR count). The van der Waals surface area contributed by atoms with E-state index in [2.05, 4.69) is 11.3 Å². The van der Waals surface area contributed by atoms with Gasteiger partial charge in [-0.2, -0.15) is 0 Å². The lowest BCUT2D eigenvalue weighted by molar-refractivity contribution is 0.161. The van der Waals surface area contributed by atoms with E-state index in [4.69, 9.17) is 0 Å². The van der Waals surface area contributed by atoms with Crippen molar-refractivity contribution in [1.29, 1.82) is 0 Å². The number of amides is 1. The maximum absolute atomic E-state index is 10.8. The Morgan fingerprint density at radius 2 is 2.70 bits per heavy atom. The second-order valence-electron chi connectivity index (χ2n) is 1.70. The van der Waals surface area contributed by atoms with Gasteiger partial charge >= 0.3 is 6.09 Å². The van der Waals surface area contributed by atoms with E-state index < -0.39 is 17.5 Å². The number of rotatable bonds is 2.